The van der Waals surface area contributed by atoms with Gasteiger partial charge in [-0.2, -0.15) is 0 Å². The van der Waals surface area contributed by atoms with Crippen molar-refractivity contribution < 1.29 is 49.7 Å². The monoisotopic (exact) mass is 635 g/mol. The first kappa shape index (κ1) is 32.3. The average Bonchev–Trinajstić information content (AvgIpc) is 2.90. The predicted molar refractivity (Wildman–Crippen MR) is 147 cm³/mol. The molecule has 0 amide bonds. The van der Waals surface area contributed by atoms with Gasteiger partial charge in [0.05, 0.1) is 10.9 Å². The summed E-state index contributed by atoms with van der Waals surface area (Å²) in [4.78, 5) is 13.2. The number of carbonyl (C=O) groups excluding carboxylic acids is 1. The minimum absolute atomic E-state index is 0.152. The van der Waals surface area contributed by atoms with Gasteiger partial charge in [0.15, 0.2) is 26.9 Å². The minimum Gasteiger partial charge on any atom is -0.482 e. The van der Waals surface area contributed by atoms with E-state index in [4.69, 9.17) is 9.47 Å². The lowest BCUT2D eigenvalue weighted by Gasteiger charge is -2.19. The van der Waals surface area contributed by atoms with Crippen LogP contribution in [0.4, 0.5) is 30.7 Å². The first-order valence-corrected chi connectivity index (χ1v) is 13.9. The summed E-state index contributed by atoms with van der Waals surface area (Å²) in [5, 5.41) is 0. The van der Waals surface area contributed by atoms with Crippen LogP contribution in [-0.2, 0) is 20.4 Å². The molecule has 0 atom stereocenters. The first-order valence-electron chi connectivity index (χ1n) is 12.7. The number of esters is 1. The molecule has 4 aromatic rings. The van der Waals surface area contributed by atoms with Crippen molar-refractivity contribution in [1.82, 2.24) is 0 Å². The van der Waals surface area contributed by atoms with E-state index in [1.165, 1.54) is 50.2 Å². The zero-order valence-electron chi connectivity index (χ0n) is 23.0. The third-order valence-electron chi connectivity index (χ3n) is 5.52. The third kappa shape index (κ3) is 9.44. The van der Waals surface area contributed by atoms with Crippen LogP contribution in [0.1, 0.15) is 19.4 Å². The van der Waals surface area contributed by atoms with Crippen LogP contribution in [0.15, 0.2) is 99.6 Å². The lowest BCUT2D eigenvalue weighted by Crippen LogP contribution is -2.29. The summed E-state index contributed by atoms with van der Waals surface area (Å²) in [5.74, 6) is 1.08. The zero-order chi connectivity index (χ0) is 32.1. The molecule has 12 heteroatoms. The second-order valence-electron chi connectivity index (χ2n) is 9.58. The Morgan fingerprint density at radius 3 is 1.66 bits per heavy atom. The molecule has 0 aliphatic carbocycles. The Hall–Kier alpha value is -4.63. The first-order chi connectivity index (χ1) is 20.7. The summed E-state index contributed by atoms with van der Waals surface area (Å²) in [6.07, 6.45) is -4.82. The molecular weight excluding hydrogens is 613 g/mol. The standard InChI is InChI=1S/C32H22F7O4S/c1-31(2,12-11-20-3-5-26(6-4-20)42-32(37,38)39)43-30(40)19-41-25-7-9-27(10-8-25)44(28-15-21(33)13-22(34)16-28)29-17-23(35)14-24(36)18-29/h3-10,13-18H,19H2,1-2H3/q+1. The van der Waals surface area contributed by atoms with Gasteiger partial charge in [-0.25, -0.2) is 22.4 Å². The Kier molecular flexibility index (Phi) is 9.79. The number of ether oxygens (including phenoxy) is 3. The maximum absolute atomic E-state index is 14.0. The fourth-order valence-electron chi connectivity index (χ4n) is 3.82. The van der Waals surface area contributed by atoms with Gasteiger partial charge in [0.1, 0.15) is 34.8 Å². The molecule has 0 N–H and O–H groups in total. The molecule has 0 radical (unpaired) electrons. The molecule has 4 rings (SSSR count). The minimum atomic E-state index is -4.82. The number of hydrogen-bond donors (Lipinski definition) is 0. The van der Waals surface area contributed by atoms with E-state index in [9.17, 15) is 35.5 Å². The van der Waals surface area contributed by atoms with Gasteiger partial charge in [-0.05, 0) is 62.4 Å². The van der Waals surface area contributed by atoms with Crippen LogP contribution in [0.3, 0.4) is 0 Å². The second kappa shape index (κ2) is 13.3. The Morgan fingerprint density at radius 2 is 1.18 bits per heavy atom. The van der Waals surface area contributed by atoms with Crippen molar-refractivity contribution in [3.8, 4) is 23.3 Å². The molecule has 0 spiro atoms. The van der Waals surface area contributed by atoms with Crippen LogP contribution in [0, 0.1) is 35.1 Å². The molecule has 44 heavy (non-hydrogen) atoms. The topological polar surface area (TPSA) is 44.8 Å². The molecule has 0 aliphatic heterocycles. The summed E-state index contributed by atoms with van der Waals surface area (Å²) >= 11 is 0. The van der Waals surface area contributed by atoms with E-state index in [-0.39, 0.29) is 15.5 Å². The van der Waals surface area contributed by atoms with Crippen molar-refractivity contribution in [2.45, 2.75) is 40.5 Å². The van der Waals surface area contributed by atoms with Gasteiger partial charge < -0.3 is 14.2 Å². The van der Waals surface area contributed by atoms with Gasteiger partial charge in [-0.1, -0.05) is 11.8 Å². The highest BCUT2D eigenvalue weighted by molar-refractivity contribution is 7.97. The van der Waals surface area contributed by atoms with E-state index in [2.05, 4.69) is 16.6 Å². The van der Waals surface area contributed by atoms with Gasteiger partial charge in [0.2, 0.25) is 0 Å². The SMILES string of the molecule is CC(C)(C#Cc1ccc(OC(F)(F)F)cc1)OC(=O)COc1ccc([S+](c2cc(F)cc(F)c2)c2cc(F)cc(F)c2)cc1. The van der Waals surface area contributed by atoms with E-state index in [1.807, 2.05) is 0 Å². The van der Waals surface area contributed by atoms with Gasteiger partial charge in [-0.3, -0.25) is 0 Å². The van der Waals surface area contributed by atoms with Crippen molar-refractivity contribution in [2.24, 2.45) is 0 Å². The number of rotatable bonds is 8. The summed E-state index contributed by atoms with van der Waals surface area (Å²) < 4.78 is 108. The van der Waals surface area contributed by atoms with Crippen molar-refractivity contribution in [3.05, 3.63) is 114 Å². The predicted octanol–water partition coefficient (Wildman–Crippen LogP) is 7.99. The summed E-state index contributed by atoms with van der Waals surface area (Å²) in [5.41, 5.74) is -0.916. The van der Waals surface area contributed by atoms with E-state index in [0.29, 0.717) is 22.6 Å². The fraction of sp³-hybridized carbons (Fsp3) is 0.156. The molecule has 4 nitrogen and oxygen atoms in total. The summed E-state index contributed by atoms with van der Waals surface area (Å²) in [6, 6.07) is 16.6. The third-order valence-corrected chi connectivity index (χ3v) is 7.68. The molecule has 0 aliphatic rings. The molecule has 0 unspecified atom stereocenters. The molecule has 0 aromatic heterocycles. The van der Waals surface area contributed by atoms with Crippen LogP contribution in [0.25, 0.3) is 0 Å². The fourth-order valence-corrected chi connectivity index (χ4v) is 5.96. The normalized spacial score (nSPS) is 11.5. The smallest absolute Gasteiger partial charge is 0.482 e. The number of benzene rings is 4. The van der Waals surface area contributed by atoms with Crippen LogP contribution >= 0.6 is 0 Å². The lowest BCUT2D eigenvalue weighted by molar-refractivity contribution is -0.274. The average molecular weight is 636 g/mol. The van der Waals surface area contributed by atoms with Crippen LogP contribution in [0.5, 0.6) is 11.5 Å². The molecule has 0 fully saturated rings. The highest BCUT2D eigenvalue weighted by atomic mass is 32.2. The van der Waals surface area contributed by atoms with E-state index >= 15 is 0 Å². The van der Waals surface area contributed by atoms with E-state index in [1.54, 1.807) is 0 Å². The van der Waals surface area contributed by atoms with Crippen molar-refractivity contribution in [1.29, 1.82) is 0 Å². The highest BCUT2D eigenvalue weighted by Crippen LogP contribution is 2.34. The van der Waals surface area contributed by atoms with Crippen LogP contribution < -0.4 is 9.47 Å². The van der Waals surface area contributed by atoms with Gasteiger partial charge in [0.25, 0.3) is 0 Å². The zero-order valence-corrected chi connectivity index (χ0v) is 23.8. The largest absolute Gasteiger partial charge is 0.573 e. The highest BCUT2D eigenvalue weighted by Gasteiger charge is 2.32. The van der Waals surface area contributed by atoms with E-state index < -0.39 is 64.5 Å². The molecule has 0 saturated heterocycles. The number of halogens is 7. The molecular formula is C32H22F7O4S+. The van der Waals surface area contributed by atoms with Crippen molar-refractivity contribution >= 4 is 16.9 Å². The van der Waals surface area contributed by atoms with E-state index in [0.717, 1.165) is 36.4 Å². The van der Waals surface area contributed by atoms with Gasteiger partial charge >= 0.3 is 12.3 Å². The van der Waals surface area contributed by atoms with Crippen LogP contribution in [0.2, 0.25) is 0 Å². The maximum atomic E-state index is 14.0. The Labute approximate surface area is 250 Å². The van der Waals surface area contributed by atoms with Crippen molar-refractivity contribution in [2.75, 3.05) is 6.61 Å². The summed E-state index contributed by atoms with van der Waals surface area (Å²) in [6.45, 7) is 2.52. The summed E-state index contributed by atoms with van der Waals surface area (Å²) in [7, 11) is -1.29. The molecule has 228 valence electrons. The quantitative estimate of drug-likeness (QED) is 0.0853. The van der Waals surface area contributed by atoms with Crippen LogP contribution in [-0.4, -0.2) is 24.5 Å². The Balaban J connectivity index is 1.42. The molecule has 0 bridgehead atoms. The maximum Gasteiger partial charge on any atom is 0.573 e. The molecule has 0 heterocycles. The van der Waals surface area contributed by atoms with Crippen molar-refractivity contribution in [3.63, 3.8) is 0 Å². The molecule has 0 saturated carbocycles. The molecule has 4 aromatic carbocycles. The van der Waals surface area contributed by atoms with Gasteiger partial charge in [-0.15, -0.1) is 13.2 Å². The lowest BCUT2D eigenvalue weighted by atomic mass is 10.1. The Bertz CT molecular complexity index is 1600. The number of carbonyl (C=O) groups is 1. The number of alkyl halides is 3. The second-order valence-corrected chi connectivity index (χ2v) is 11.6. The number of hydrogen-bond acceptors (Lipinski definition) is 4. The Morgan fingerprint density at radius 1 is 0.705 bits per heavy atom. The van der Waals surface area contributed by atoms with Gasteiger partial charge in [0, 0.05) is 42.0 Å².